The lowest BCUT2D eigenvalue weighted by atomic mass is 10.1. The standard InChI is InChI=1S/C21H21N5/c1-13-10-14(2)20(15(3)11-13)25-19-7-9-23-21(26-19)24-17-4-5-18-16(12-17)6-8-22-18/h4-12,22H,1-3H3,(H2,23,24,25,26). The van der Waals surface area contributed by atoms with Gasteiger partial charge in [-0.1, -0.05) is 17.7 Å². The van der Waals surface area contributed by atoms with E-state index < -0.39 is 0 Å². The minimum absolute atomic E-state index is 0.562. The van der Waals surface area contributed by atoms with Crippen LogP contribution in [0.1, 0.15) is 16.7 Å². The van der Waals surface area contributed by atoms with Crippen molar-refractivity contribution in [1.29, 1.82) is 0 Å². The van der Waals surface area contributed by atoms with E-state index in [9.17, 15) is 0 Å². The number of nitrogens with one attached hydrogen (secondary N) is 3. The first kappa shape index (κ1) is 16.1. The lowest BCUT2D eigenvalue weighted by molar-refractivity contribution is 1.16. The lowest BCUT2D eigenvalue weighted by Crippen LogP contribution is -2.02. The van der Waals surface area contributed by atoms with Gasteiger partial charge >= 0.3 is 0 Å². The molecule has 130 valence electrons. The van der Waals surface area contributed by atoms with Crippen LogP contribution in [0.15, 0.2) is 54.9 Å². The molecule has 5 heteroatoms. The van der Waals surface area contributed by atoms with Crippen molar-refractivity contribution < 1.29 is 0 Å². The summed E-state index contributed by atoms with van der Waals surface area (Å²) >= 11 is 0. The topological polar surface area (TPSA) is 65.6 Å². The number of nitrogens with zero attached hydrogens (tertiary/aromatic N) is 2. The maximum atomic E-state index is 4.59. The first-order valence-electron chi connectivity index (χ1n) is 8.60. The smallest absolute Gasteiger partial charge is 0.229 e. The van der Waals surface area contributed by atoms with Gasteiger partial charge in [-0.15, -0.1) is 0 Å². The van der Waals surface area contributed by atoms with Crippen LogP contribution in [0.25, 0.3) is 10.9 Å². The Kier molecular flexibility index (Phi) is 4.05. The van der Waals surface area contributed by atoms with Crippen LogP contribution in [0.3, 0.4) is 0 Å². The quantitative estimate of drug-likeness (QED) is 0.466. The molecule has 0 saturated carbocycles. The molecular formula is C21H21N5. The van der Waals surface area contributed by atoms with Gasteiger partial charge < -0.3 is 15.6 Å². The van der Waals surface area contributed by atoms with Gasteiger partial charge in [0.25, 0.3) is 0 Å². The molecule has 0 radical (unpaired) electrons. The fraction of sp³-hybridized carbons (Fsp3) is 0.143. The molecule has 4 rings (SSSR count). The highest BCUT2D eigenvalue weighted by Crippen LogP contribution is 2.26. The molecule has 0 fully saturated rings. The van der Waals surface area contributed by atoms with Crippen molar-refractivity contribution in [3.05, 3.63) is 71.5 Å². The van der Waals surface area contributed by atoms with E-state index in [1.807, 2.05) is 30.5 Å². The summed E-state index contributed by atoms with van der Waals surface area (Å²) in [5, 5.41) is 7.85. The summed E-state index contributed by atoms with van der Waals surface area (Å²) in [7, 11) is 0. The molecule has 0 aliphatic carbocycles. The number of anilines is 4. The van der Waals surface area contributed by atoms with E-state index in [4.69, 9.17) is 0 Å². The Morgan fingerprint density at radius 1 is 0.885 bits per heavy atom. The van der Waals surface area contributed by atoms with Gasteiger partial charge in [-0.25, -0.2) is 4.98 Å². The second-order valence-corrected chi connectivity index (χ2v) is 6.57. The molecule has 0 saturated heterocycles. The number of aromatic amines is 1. The van der Waals surface area contributed by atoms with Crippen molar-refractivity contribution in [1.82, 2.24) is 15.0 Å². The molecule has 2 aromatic heterocycles. The predicted octanol–water partition coefficient (Wildman–Crippen LogP) is 5.37. The summed E-state index contributed by atoms with van der Waals surface area (Å²) in [6, 6.07) is 14.4. The number of hydrogen-bond donors (Lipinski definition) is 3. The summed E-state index contributed by atoms with van der Waals surface area (Å²) in [5.74, 6) is 1.33. The van der Waals surface area contributed by atoms with E-state index in [0.717, 1.165) is 28.1 Å². The zero-order chi connectivity index (χ0) is 18.1. The lowest BCUT2D eigenvalue weighted by Gasteiger charge is -2.14. The van der Waals surface area contributed by atoms with E-state index in [0.29, 0.717) is 5.95 Å². The summed E-state index contributed by atoms with van der Waals surface area (Å²) in [6.07, 6.45) is 3.69. The Hall–Kier alpha value is -3.34. The van der Waals surface area contributed by atoms with Gasteiger partial charge in [-0.3, -0.25) is 0 Å². The molecule has 5 nitrogen and oxygen atoms in total. The molecule has 4 aromatic rings. The van der Waals surface area contributed by atoms with Gasteiger partial charge in [-0.05, 0) is 62.2 Å². The molecular weight excluding hydrogens is 322 g/mol. The van der Waals surface area contributed by atoms with Crippen LogP contribution in [0, 0.1) is 20.8 Å². The van der Waals surface area contributed by atoms with Crippen molar-refractivity contribution >= 4 is 34.0 Å². The normalized spacial score (nSPS) is 10.9. The van der Waals surface area contributed by atoms with Gasteiger partial charge in [-0.2, -0.15) is 4.98 Å². The molecule has 0 aliphatic heterocycles. The van der Waals surface area contributed by atoms with Gasteiger partial charge in [0.2, 0.25) is 5.95 Å². The molecule has 2 aromatic carbocycles. The highest BCUT2D eigenvalue weighted by Gasteiger charge is 2.07. The Bertz CT molecular complexity index is 1060. The van der Waals surface area contributed by atoms with Crippen LogP contribution >= 0.6 is 0 Å². The zero-order valence-corrected chi connectivity index (χ0v) is 15.1. The third-order valence-electron chi connectivity index (χ3n) is 4.40. The van der Waals surface area contributed by atoms with Gasteiger partial charge in [0.15, 0.2) is 0 Å². The Labute approximate surface area is 152 Å². The van der Waals surface area contributed by atoms with Crippen LogP contribution in [0.2, 0.25) is 0 Å². The Morgan fingerprint density at radius 2 is 1.69 bits per heavy atom. The molecule has 26 heavy (non-hydrogen) atoms. The van der Waals surface area contributed by atoms with Gasteiger partial charge in [0.1, 0.15) is 5.82 Å². The van der Waals surface area contributed by atoms with Crippen LogP contribution in [0.5, 0.6) is 0 Å². The third-order valence-corrected chi connectivity index (χ3v) is 4.40. The average Bonchev–Trinajstić information content (AvgIpc) is 3.06. The summed E-state index contributed by atoms with van der Waals surface area (Å²) < 4.78 is 0. The summed E-state index contributed by atoms with van der Waals surface area (Å²) in [4.78, 5) is 12.1. The minimum Gasteiger partial charge on any atom is -0.361 e. The van der Waals surface area contributed by atoms with Crippen LogP contribution < -0.4 is 10.6 Å². The molecule has 0 unspecified atom stereocenters. The molecule has 0 amide bonds. The van der Waals surface area contributed by atoms with Gasteiger partial charge in [0.05, 0.1) is 0 Å². The van der Waals surface area contributed by atoms with E-state index in [-0.39, 0.29) is 0 Å². The second-order valence-electron chi connectivity index (χ2n) is 6.57. The number of benzene rings is 2. The fourth-order valence-electron chi connectivity index (χ4n) is 3.25. The minimum atomic E-state index is 0.562. The molecule has 2 heterocycles. The third kappa shape index (κ3) is 3.24. The molecule has 0 spiro atoms. The highest BCUT2D eigenvalue weighted by molar-refractivity contribution is 5.83. The van der Waals surface area contributed by atoms with Crippen molar-refractivity contribution in [3.63, 3.8) is 0 Å². The average molecular weight is 343 g/mol. The van der Waals surface area contributed by atoms with Crippen LogP contribution in [-0.4, -0.2) is 15.0 Å². The van der Waals surface area contributed by atoms with E-state index in [2.05, 4.69) is 64.6 Å². The van der Waals surface area contributed by atoms with E-state index in [1.54, 1.807) is 6.20 Å². The van der Waals surface area contributed by atoms with Gasteiger partial charge in [0, 0.05) is 34.7 Å². The monoisotopic (exact) mass is 343 g/mol. The molecule has 3 N–H and O–H groups in total. The van der Waals surface area contributed by atoms with E-state index >= 15 is 0 Å². The largest absolute Gasteiger partial charge is 0.361 e. The Balaban J connectivity index is 1.58. The number of aromatic nitrogens is 3. The summed E-state index contributed by atoms with van der Waals surface area (Å²) in [5.41, 5.74) is 6.82. The highest BCUT2D eigenvalue weighted by atomic mass is 15.1. The molecule has 0 atom stereocenters. The first-order chi connectivity index (χ1) is 12.6. The molecule has 0 bridgehead atoms. The molecule has 0 aliphatic rings. The van der Waals surface area contributed by atoms with Crippen LogP contribution in [0.4, 0.5) is 23.1 Å². The first-order valence-corrected chi connectivity index (χ1v) is 8.60. The van der Waals surface area contributed by atoms with Crippen LogP contribution in [-0.2, 0) is 0 Å². The van der Waals surface area contributed by atoms with Crippen molar-refractivity contribution in [2.75, 3.05) is 10.6 Å². The van der Waals surface area contributed by atoms with Crippen molar-refractivity contribution in [3.8, 4) is 0 Å². The SMILES string of the molecule is Cc1cc(C)c(Nc2ccnc(Nc3ccc4[nH]ccc4c3)n2)c(C)c1. The predicted molar refractivity (Wildman–Crippen MR) is 108 cm³/mol. The fourth-order valence-corrected chi connectivity index (χ4v) is 3.25. The van der Waals surface area contributed by atoms with Crippen molar-refractivity contribution in [2.24, 2.45) is 0 Å². The second kappa shape index (κ2) is 6.52. The van der Waals surface area contributed by atoms with E-state index in [1.165, 1.54) is 16.7 Å². The Morgan fingerprint density at radius 3 is 2.50 bits per heavy atom. The number of hydrogen-bond acceptors (Lipinski definition) is 4. The number of H-pyrrole nitrogens is 1. The van der Waals surface area contributed by atoms with Crippen molar-refractivity contribution in [2.45, 2.75) is 20.8 Å². The number of rotatable bonds is 4. The summed E-state index contributed by atoms with van der Waals surface area (Å²) in [6.45, 7) is 6.32. The maximum absolute atomic E-state index is 4.59. The maximum Gasteiger partial charge on any atom is 0.229 e. The number of aryl methyl sites for hydroxylation is 3. The number of fused-ring (bicyclic) bond motifs is 1. The zero-order valence-electron chi connectivity index (χ0n) is 15.1.